The minimum atomic E-state index is -0.781. The summed E-state index contributed by atoms with van der Waals surface area (Å²) in [5.41, 5.74) is 5.83. The van der Waals surface area contributed by atoms with Gasteiger partial charge in [-0.15, -0.1) is 0 Å². The third-order valence-electron chi connectivity index (χ3n) is 7.00. The first-order valence-corrected chi connectivity index (χ1v) is 12.7. The summed E-state index contributed by atoms with van der Waals surface area (Å²) in [6.07, 6.45) is 2.74. The number of nitrogens with one attached hydrogen (secondary N) is 3. The predicted molar refractivity (Wildman–Crippen MR) is 149 cm³/mol. The normalized spacial score (nSPS) is 14.4. The molecule has 0 fully saturated rings. The van der Waals surface area contributed by atoms with Crippen LogP contribution in [0.2, 0.25) is 0 Å². The zero-order chi connectivity index (χ0) is 25.9. The molecule has 7 heteroatoms. The summed E-state index contributed by atoms with van der Waals surface area (Å²) in [7, 11) is 4.02. The van der Waals surface area contributed by atoms with Crippen LogP contribution >= 0.6 is 0 Å². The van der Waals surface area contributed by atoms with Gasteiger partial charge in [0.05, 0.1) is 0 Å². The molecule has 190 valence electrons. The second kappa shape index (κ2) is 10.5. The number of H-pyrrole nitrogens is 1. The standard InChI is InChI=1S/C30H33N5O2/c1-20(25-18-31-26-13-6-5-12-24(25)26)28(29(36)32-23-11-8-9-21(17-23)19-34(2)3)33-30(37)35-16-15-22-10-4-7-14-27(22)35/h4-14,17-18,20,28,31H,15-16,19H2,1-3H3,(H,32,36)(H,33,37). The fraction of sp³-hybridized carbons (Fsp3) is 0.267. The predicted octanol–water partition coefficient (Wildman–Crippen LogP) is 5.11. The molecular weight excluding hydrogens is 462 g/mol. The topological polar surface area (TPSA) is 80.5 Å². The Morgan fingerprint density at radius 2 is 1.81 bits per heavy atom. The minimum Gasteiger partial charge on any atom is -0.361 e. The molecule has 37 heavy (non-hydrogen) atoms. The van der Waals surface area contributed by atoms with Gasteiger partial charge in [-0.25, -0.2) is 4.79 Å². The van der Waals surface area contributed by atoms with Crippen LogP contribution in [0.5, 0.6) is 0 Å². The van der Waals surface area contributed by atoms with E-state index in [1.807, 2.05) is 100 Å². The molecule has 0 aliphatic carbocycles. The Balaban J connectivity index is 1.43. The van der Waals surface area contributed by atoms with Crippen LogP contribution in [0.3, 0.4) is 0 Å². The Labute approximate surface area is 217 Å². The van der Waals surface area contributed by atoms with Crippen molar-refractivity contribution in [3.05, 3.63) is 95.7 Å². The number of urea groups is 1. The van der Waals surface area contributed by atoms with Crippen molar-refractivity contribution in [1.82, 2.24) is 15.2 Å². The Morgan fingerprint density at radius 3 is 2.65 bits per heavy atom. The van der Waals surface area contributed by atoms with E-state index < -0.39 is 6.04 Å². The van der Waals surface area contributed by atoms with Crippen LogP contribution in [-0.2, 0) is 17.8 Å². The van der Waals surface area contributed by atoms with E-state index in [-0.39, 0.29) is 17.9 Å². The van der Waals surface area contributed by atoms with Crippen molar-refractivity contribution < 1.29 is 9.59 Å². The Hall–Kier alpha value is -4.10. The number of benzene rings is 3. The number of aromatic nitrogens is 1. The van der Waals surface area contributed by atoms with Crippen LogP contribution in [0, 0.1) is 0 Å². The lowest BCUT2D eigenvalue weighted by Gasteiger charge is -2.27. The second-order valence-corrected chi connectivity index (χ2v) is 9.96. The summed E-state index contributed by atoms with van der Waals surface area (Å²) in [4.78, 5) is 34.4. The molecule has 0 saturated carbocycles. The number of fused-ring (bicyclic) bond motifs is 2. The highest BCUT2D eigenvalue weighted by atomic mass is 16.2. The van der Waals surface area contributed by atoms with Gasteiger partial charge in [0, 0.05) is 47.5 Å². The van der Waals surface area contributed by atoms with E-state index in [1.165, 1.54) is 0 Å². The molecule has 1 aromatic heterocycles. The molecule has 3 N–H and O–H groups in total. The van der Waals surface area contributed by atoms with Crippen molar-refractivity contribution in [2.24, 2.45) is 0 Å². The van der Waals surface area contributed by atoms with Gasteiger partial charge in [-0.3, -0.25) is 9.69 Å². The highest BCUT2D eigenvalue weighted by Crippen LogP contribution is 2.30. The maximum absolute atomic E-state index is 13.7. The average molecular weight is 496 g/mol. The molecule has 2 unspecified atom stereocenters. The van der Waals surface area contributed by atoms with Crippen LogP contribution < -0.4 is 15.5 Å². The highest BCUT2D eigenvalue weighted by Gasteiger charge is 2.33. The number of nitrogens with zero attached hydrogens (tertiary/aromatic N) is 2. The molecule has 3 aromatic carbocycles. The summed E-state index contributed by atoms with van der Waals surface area (Å²) in [6.45, 7) is 3.35. The lowest BCUT2D eigenvalue weighted by molar-refractivity contribution is -0.118. The molecule has 2 atom stereocenters. The van der Waals surface area contributed by atoms with E-state index in [9.17, 15) is 9.59 Å². The van der Waals surface area contributed by atoms with Crippen molar-refractivity contribution >= 4 is 34.2 Å². The van der Waals surface area contributed by atoms with Gasteiger partial charge < -0.3 is 20.5 Å². The first kappa shape index (κ1) is 24.6. The zero-order valence-electron chi connectivity index (χ0n) is 21.5. The van der Waals surface area contributed by atoms with Gasteiger partial charge in [0.15, 0.2) is 0 Å². The molecule has 0 spiro atoms. The number of para-hydroxylation sites is 2. The number of hydrogen-bond donors (Lipinski definition) is 3. The van der Waals surface area contributed by atoms with E-state index in [1.54, 1.807) is 4.90 Å². The molecule has 4 aromatic rings. The van der Waals surface area contributed by atoms with Crippen molar-refractivity contribution in [2.75, 3.05) is 30.9 Å². The number of carbonyl (C=O) groups is 2. The van der Waals surface area contributed by atoms with Crippen molar-refractivity contribution in [3.63, 3.8) is 0 Å². The highest BCUT2D eigenvalue weighted by molar-refractivity contribution is 6.01. The number of rotatable bonds is 7. The molecule has 5 rings (SSSR count). The van der Waals surface area contributed by atoms with Crippen molar-refractivity contribution in [2.45, 2.75) is 31.8 Å². The maximum Gasteiger partial charge on any atom is 0.322 e. The third kappa shape index (κ3) is 5.22. The van der Waals surface area contributed by atoms with Gasteiger partial charge in [0.1, 0.15) is 6.04 Å². The van der Waals surface area contributed by atoms with Gasteiger partial charge >= 0.3 is 6.03 Å². The van der Waals surface area contributed by atoms with E-state index in [0.29, 0.717) is 12.2 Å². The largest absolute Gasteiger partial charge is 0.361 e. The van der Waals surface area contributed by atoms with Crippen LogP contribution in [-0.4, -0.2) is 48.5 Å². The van der Waals surface area contributed by atoms with E-state index >= 15 is 0 Å². The molecule has 1 aliphatic rings. The molecule has 7 nitrogen and oxygen atoms in total. The lowest BCUT2D eigenvalue weighted by atomic mass is 9.92. The molecule has 2 heterocycles. The fourth-order valence-electron chi connectivity index (χ4n) is 5.16. The number of carbonyl (C=O) groups excluding carboxylic acids is 2. The van der Waals surface area contributed by atoms with Gasteiger partial charge in [-0.1, -0.05) is 55.5 Å². The summed E-state index contributed by atoms with van der Waals surface area (Å²) in [5.74, 6) is -0.525. The van der Waals surface area contributed by atoms with Crippen molar-refractivity contribution in [1.29, 1.82) is 0 Å². The minimum absolute atomic E-state index is 0.249. The monoisotopic (exact) mass is 495 g/mol. The zero-order valence-corrected chi connectivity index (χ0v) is 21.5. The van der Waals surface area contributed by atoms with Gasteiger partial charge in [-0.05, 0) is 61.5 Å². The average Bonchev–Trinajstić information content (AvgIpc) is 3.51. The number of anilines is 2. The van der Waals surface area contributed by atoms with E-state index in [0.717, 1.165) is 46.2 Å². The first-order valence-electron chi connectivity index (χ1n) is 12.7. The smallest absolute Gasteiger partial charge is 0.322 e. The van der Waals surface area contributed by atoms with Crippen LogP contribution in [0.4, 0.5) is 16.2 Å². The summed E-state index contributed by atoms with van der Waals surface area (Å²) < 4.78 is 0. The summed E-state index contributed by atoms with van der Waals surface area (Å²) in [6, 6.07) is 22.7. The number of hydrogen-bond acceptors (Lipinski definition) is 3. The molecule has 1 aliphatic heterocycles. The molecular formula is C30H33N5O2. The van der Waals surface area contributed by atoms with Crippen LogP contribution in [0.15, 0.2) is 79.0 Å². The molecule has 3 amide bonds. The summed E-state index contributed by atoms with van der Waals surface area (Å²) >= 11 is 0. The molecule has 0 saturated heterocycles. The van der Waals surface area contributed by atoms with E-state index in [2.05, 4.69) is 20.5 Å². The van der Waals surface area contributed by atoms with Crippen LogP contribution in [0.1, 0.15) is 29.5 Å². The third-order valence-corrected chi connectivity index (χ3v) is 7.00. The van der Waals surface area contributed by atoms with Gasteiger partial charge in [0.2, 0.25) is 5.91 Å². The second-order valence-electron chi connectivity index (χ2n) is 9.96. The lowest BCUT2D eigenvalue weighted by Crippen LogP contribution is -2.51. The van der Waals surface area contributed by atoms with Crippen LogP contribution in [0.25, 0.3) is 10.9 Å². The first-order chi connectivity index (χ1) is 17.9. The maximum atomic E-state index is 13.7. The molecule has 0 radical (unpaired) electrons. The SMILES string of the molecule is CC(c1c[nH]c2ccccc12)C(NC(=O)N1CCc2ccccc21)C(=O)Nc1cccc(CN(C)C)c1. The number of aromatic amines is 1. The number of amides is 3. The Bertz CT molecular complexity index is 1430. The van der Waals surface area contributed by atoms with Gasteiger partial charge in [0.25, 0.3) is 0 Å². The Kier molecular flexibility index (Phi) is 6.97. The Morgan fingerprint density at radius 1 is 1.03 bits per heavy atom. The van der Waals surface area contributed by atoms with Gasteiger partial charge in [-0.2, -0.15) is 0 Å². The fourth-order valence-corrected chi connectivity index (χ4v) is 5.16. The van der Waals surface area contributed by atoms with E-state index in [4.69, 9.17) is 0 Å². The quantitative estimate of drug-likeness (QED) is 0.333. The molecule has 0 bridgehead atoms. The summed E-state index contributed by atoms with van der Waals surface area (Å²) in [5, 5.41) is 7.18. The van der Waals surface area contributed by atoms with Crippen molar-refractivity contribution in [3.8, 4) is 0 Å².